The molecule has 0 amide bonds. The Bertz CT molecular complexity index is 2360. The van der Waals surface area contributed by atoms with Crippen LogP contribution >= 0.6 is 0 Å². The number of hydrogen-bond donors (Lipinski definition) is 2. The van der Waals surface area contributed by atoms with Gasteiger partial charge in [0.05, 0.1) is 13.2 Å². The van der Waals surface area contributed by atoms with E-state index >= 15 is 0 Å². The molecule has 0 aliphatic carbocycles. The van der Waals surface area contributed by atoms with Crippen molar-refractivity contribution in [3.05, 3.63) is 287 Å². The summed E-state index contributed by atoms with van der Waals surface area (Å²) in [6, 6.07) is 78.1. The molecule has 4 nitrogen and oxygen atoms in total. The maximum atomic E-state index is 13.6. The summed E-state index contributed by atoms with van der Waals surface area (Å²) < 4.78 is 14.6. The lowest BCUT2D eigenvalue weighted by Crippen LogP contribution is -2.60. The van der Waals surface area contributed by atoms with Crippen LogP contribution in [-0.2, 0) is 20.7 Å². The van der Waals surface area contributed by atoms with Gasteiger partial charge in [0.1, 0.15) is 11.2 Å². The predicted octanol–water partition coefficient (Wildman–Crippen LogP) is 10.6. The Hall–Kier alpha value is -7.28. The van der Waals surface area contributed by atoms with Crippen molar-refractivity contribution in [1.82, 2.24) is 0 Å². The fraction of sp³-hybridized carbons (Fsp3) is 0.103. The fourth-order valence-electron chi connectivity index (χ4n) is 7.87. The number of rotatable bonds is 13. The topological polar surface area (TPSA) is 58.9 Å². The van der Waals surface area contributed by atoms with Gasteiger partial charge in [0.25, 0.3) is 0 Å². The molecule has 0 aromatic heterocycles. The average Bonchev–Trinajstić information content (AvgIpc) is 3.36. The molecule has 0 heterocycles. The molecule has 0 aliphatic heterocycles. The number of aliphatic hydroxyl groups is 2. The minimum Gasteiger partial charge on any atom is -0.372 e. The minimum atomic E-state index is -2.38. The monoisotopic (exact) mass is 806 g/mol. The van der Waals surface area contributed by atoms with Crippen molar-refractivity contribution in [2.45, 2.75) is 22.4 Å². The Balaban J connectivity index is 1.34. The third-order valence-corrected chi connectivity index (χ3v) is 11.1. The molecular formula is C58H46O4. The first kappa shape index (κ1) is 41.5. The molecule has 0 unspecified atom stereocenters. The molecule has 4 heteroatoms. The molecule has 2 atom stereocenters. The van der Waals surface area contributed by atoms with E-state index in [0.29, 0.717) is 11.1 Å². The second-order valence-corrected chi connectivity index (χ2v) is 15.1. The normalized spacial score (nSPS) is 13.3. The lowest BCUT2D eigenvalue weighted by atomic mass is 9.78. The highest BCUT2D eigenvalue weighted by Crippen LogP contribution is 2.44. The zero-order chi connectivity index (χ0) is 42.6. The zero-order valence-electron chi connectivity index (χ0n) is 34.2. The maximum absolute atomic E-state index is 13.6. The molecule has 8 aromatic rings. The van der Waals surface area contributed by atoms with E-state index in [1.165, 1.54) is 0 Å². The largest absolute Gasteiger partial charge is 0.372 e. The number of ether oxygens (including phenoxy) is 2. The standard InChI is InChI=1S/C58H46O4/c59-55(43-41-47-25-9-1-10-26-47,45-61-57(49-29-13-3-14-30-49,50-31-15-4-16-32-50)51-33-17-5-18-34-51)56(60,44-42-48-27-11-2-12-28-48)46-62-58(52-35-19-6-20-36-52,53-37-21-7-22-38-53)54-39-23-8-24-40-54/h1-40,59-60H,45-46H2/t55-,56-/m1/s1. The highest BCUT2D eigenvalue weighted by atomic mass is 16.5. The van der Waals surface area contributed by atoms with Gasteiger partial charge in [-0.25, -0.2) is 0 Å². The van der Waals surface area contributed by atoms with Crippen LogP contribution in [0.3, 0.4) is 0 Å². The highest BCUT2D eigenvalue weighted by Gasteiger charge is 2.53. The summed E-state index contributed by atoms with van der Waals surface area (Å²) in [5, 5.41) is 27.1. The quantitative estimate of drug-likeness (QED) is 0.0900. The van der Waals surface area contributed by atoms with Gasteiger partial charge in [-0.2, -0.15) is 0 Å². The van der Waals surface area contributed by atoms with Crippen LogP contribution in [0, 0.1) is 23.7 Å². The van der Waals surface area contributed by atoms with E-state index in [0.717, 1.165) is 33.4 Å². The van der Waals surface area contributed by atoms with Gasteiger partial charge in [0, 0.05) is 11.1 Å². The molecule has 0 saturated heterocycles. The lowest BCUT2D eigenvalue weighted by molar-refractivity contribution is -0.174. The Kier molecular flexibility index (Phi) is 12.7. The highest BCUT2D eigenvalue weighted by molar-refractivity contribution is 5.50. The third-order valence-electron chi connectivity index (χ3n) is 11.1. The molecule has 0 bridgehead atoms. The van der Waals surface area contributed by atoms with Crippen LogP contribution in [0.25, 0.3) is 0 Å². The Morgan fingerprint density at radius 3 is 0.694 bits per heavy atom. The molecular weight excluding hydrogens is 761 g/mol. The first-order chi connectivity index (χ1) is 30.5. The van der Waals surface area contributed by atoms with Gasteiger partial charge in [-0.15, -0.1) is 0 Å². The van der Waals surface area contributed by atoms with Crippen molar-refractivity contribution in [2.75, 3.05) is 13.2 Å². The van der Waals surface area contributed by atoms with Gasteiger partial charge in [-0.1, -0.05) is 242 Å². The lowest BCUT2D eigenvalue weighted by Gasteiger charge is -2.43. The van der Waals surface area contributed by atoms with Crippen molar-refractivity contribution < 1.29 is 19.7 Å². The first-order valence-corrected chi connectivity index (χ1v) is 20.7. The summed E-state index contributed by atoms with van der Waals surface area (Å²) in [4.78, 5) is 0. The smallest absolute Gasteiger partial charge is 0.191 e. The van der Waals surface area contributed by atoms with E-state index in [1.807, 2.05) is 243 Å². The van der Waals surface area contributed by atoms with Gasteiger partial charge in [-0.3, -0.25) is 0 Å². The van der Waals surface area contributed by atoms with Crippen molar-refractivity contribution in [3.63, 3.8) is 0 Å². The van der Waals surface area contributed by atoms with Gasteiger partial charge < -0.3 is 19.7 Å². The molecule has 0 radical (unpaired) electrons. The summed E-state index contributed by atoms with van der Waals surface area (Å²) >= 11 is 0. The van der Waals surface area contributed by atoms with E-state index in [4.69, 9.17) is 9.47 Å². The molecule has 62 heavy (non-hydrogen) atoms. The van der Waals surface area contributed by atoms with Crippen molar-refractivity contribution in [2.24, 2.45) is 0 Å². The average molecular weight is 807 g/mol. The van der Waals surface area contributed by atoms with Crippen molar-refractivity contribution in [1.29, 1.82) is 0 Å². The summed E-state index contributed by atoms with van der Waals surface area (Å²) in [7, 11) is 0. The first-order valence-electron chi connectivity index (χ1n) is 20.7. The Labute approximate surface area is 364 Å². The van der Waals surface area contributed by atoms with Gasteiger partial charge in [0.2, 0.25) is 0 Å². The summed E-state index contributed by atoms with van der Waals surface area (Å²) in [5.74, 6) is 12.6. The fourth-order valence-corrected chi connectivity index (χ4v) is 7.87. The second kappa shape index (κ2) is 19.0. The zero-order valence-corrected chi connectivity index (χ0v) is 34.2. The number of benzene rings is 8. The van der Waals surface area contributed by atoms with Crippen LogP contribution in [0.5, 0.6) is 0 Å². The van der Waals surface area contributed by atoms with Crippen LogP contribution in [0.15, 0.2) is 243 Å². The van der Waals surface area contributed by atoms with Crippen LogP contribution in [0.4, 0.5) is 0 Å². The maximum Gasteiger partial charge on any atom is 0.191 e. The summed E-state index contributed by atoms with van der Waals surface area (Å²) in [5.41, 5.74) is -1.09. The molecule has 8 rings (SSSR count). The van der Waals surface area contributed by atoms with Gasteiger partial charge in [0.15, 0.2) is 11.2 Å². The molecule has 2 N–H and O–H groups in total. The predicted molar refractivity (Wildman–Crippen MR) is 247 cm³/mol. The number of hydrogen-bond acceptors (Lipinski definition) is 4. The van der Waals surface area contributed by atoms with Crippen molar-refractivity contribution in [3.8, 4) is 23.7 Å². The molecule has 302 valence electrons. The van der Waals surface area contributed by atoms with Gasteiger partial charge in [-0.05, 0) is 57.6 Å². The SMILES string of the molecule is O[C@](C#Cc1ccccc1)(COC(c1ccccc1)(c1ccccc1)c1ccccc1)[C@@](O)(C#Cc1ccccc1)COC(c1ccccc1)(c1ccccc1)c1ccccc1. The van der Waals surface area contributed by atoms with Crippen LogP contribution in [0.1, 0.15) is 44.5 Å². The minimum absolute atomic E-state index is 0.496. The summed E-state index contributed by atoms with van der Waals surface area (Å²) in [6.45, 7) is -0.992. The molecule has 0 aliphatic rings. The van der Waals surface area contributed by atoms with Crippen molar-refractivity contribution >= 4 is 0 Å². The Morgan fingerprint density at radius 2 is 0.484 bits per heavy atom. The van der Waals surface area contributed by atoms with E-state index in [-0.39, 0.29) is 0 Å². The van der Waals surface area contributed by atoms with E-state index < -0.39 is 35.6 Å². The Morgan fingerprint density at radius 1 is 0.290 bits per heavy atom. The van der Waals surface area contributed by atoms with Crippen LogP contribution in [0.2, 0.25) is 0 Å². The molecule has 0 spiro atoms. The van der Waals surface area contributed by atoms with E-state index in [9.17, 15) is 10.2 Å². The third kappa shape index (κ3) is 8.65. The van der Waals surface area contributed by atoms with E-state index in [1.54, 1.807) is 0 Å². The molecule has 8 aromatic carbocycles. The second-order valence-electron chi connectivity index (χ2n) is 15.1. The van der Waals surface area contributed by atoms with Gasteiger partial charge >= 0.3 is 0 Å². The molecule has 0 fully saturated rings. The van der Waals surface area contributed by atoms with Crippen LogP contribution < -0.4 is 0 Å². The van der Waals surface area contributed by atoms with E-state index in [2.05, 4.69) is 23.7 Å². The molecule has 0 saturated carbocycles. The summed E-state index contributed by atoms with van der Waals surface area (Å²) in [6.07, 6.45) is 0. The van der Waals surface area contributed by atoms with Crippen LogP contribution in [-0.4, -0.2) is 34.6 Å².